The fourth-order valence-electron chi connectivity index (χ4n) is 3.58. The maximum atomic E-state index is 6.65. The molecule has 1 aliphatic carbocycles. The van der Waals surface area contributed by atoms with Crippen LogP contribution in [0.1, 0.15) is 51.2 Å². The lowest BCUT2D eigenvalue weighted by molar-refractivity contribution is 0.211. The van der Waals surface area contributed by atoms with Crippen molar-refractivity contribution in [3.63, 3.8) is 0 Å². The van der Waals surface area contributed by atoms with Gasteiger partial charge in [-0.25, -0.2) is 0 Å². The summed E-state index contributed by atoms with van der Waals surface area (Å²) in [6.07, 6.45) is 5.11. The molecule has 2 N–H and O–H groups in total. The summed E-state index contributed by atoms with van der Waals surface area (Å²) >= 11 is 0. The molecule has 104 valence electrons. The molecule has 1 atom stereocenters. The summed E-state index contributed by atoms with van der Waals surface area (Å²) in [5.74, 6) is 0. The Balaban J connectivity index is 1.97. The van der Waals surface area contributed by atoms with E-state index in [9.17, 15) is 0 Å². The van der Waals surface area contributed by atoms with Crippen LogP contribution in [0.25, 0.3) is 0 Å². The minimum absolute atomic E-state index is 0.149. The first-order chi connectivity index (χ1) is 8.92. The minimum Gasteiger partial charge on any atom is -0.372 e. The summed E-state index contributed by atoms with van der Waals surface area (Å²) in [6.45, 7) is 9.16. The fourth-order valence-corrected chi connectivity index (χ4v) is 3.58. The molecule has 2 nitrogen and oxygen atoms in total. The van der Waals surface area contributed by atoms with E-state index < -0.39 is 0 Å². The van der Waals surface area contributed by atoms with Crippen molar-refractivity contribution in [3.8, 4) is 0 Å². The Morgan fingerprint density at radius 2 is 1.74 bits per heavy atom. The van der Waals surface area contributed by atoms with Gasteiger partial charge in [0.2, 0.25) is 0 Å². The first-order valence-electron chi connectivity index (χ1n) is 7.59. The van der Waals surface area contributed by atoms with Crippen molar-refractivity contribution in [1.82, 2.24) is 0 Å². The van der Waals surface area contributed by atoms with Gasteiger partial charge in [-0.2, -0.15) is 0 Å². The Morgan fingerprint density at radius 1 is 1.05 bits per heavy atom. The van der Waals surface area contributed by atoms with Crippen molar-refractivity contribution in [3.05, 3.63) is 29.3 Å². The molecule has 1 unspecified atom stereocenters. The van der Waals surface area contributed by atoms with E-state index in [1.807, 2.05) is 0 Å². The van der Waals surface area contributed by atoms with E-state index in [1.165, 1.54) is 49.2 Å². The molecule has 1 aromatic rings. The molecule has 2 heteroatoms. The SMILES string of the molecule is CC1(C)Cc2ccc(N3CCCCC3)cc2C1(C)N. The molecule has 1 heterocycles. The van der Waals surface area contributed by atoms with Crippen LogP contribution in [0.5, 0.6) is 0 Å². The Bertz CT molecular complexity index is 482. The van der Waals surface area contributed by atoms with Crippen LogP contribution < -0.4 is 10.6 Å². The highest BCUT2D eigenvalue weighted by Crippen LogP contribution is 2.48. The van der Waals surface area contributed by atoms with Crippen LogP contribution in [-0.4, -0.2) is 13.1 Å². The second-order valence-corrected chi connectivity index (χ2v) is 7.15. The van der Waals surface area contributed by atoms with Crippen molar-refractivity contribution in [2.45, 2.75) is 52.0 Å². The lowest BCUT2D eigenvalue weighted by atomic mass is 9.75. The van der Waals surface area contributed by atoms with E-state index in [4.69, 9.17) is 5.73 Å². The molecular weight excluding hydrogens is 232 g/mol. The van der Waals surface area contributed by atoms with E-state index in [0.29, 0.717) is 0 Å². The molecule has 0 radical (unpaired) electrons. The number of hydrogen-bond acceptors (Lipinski definition) is 2. The second kappa shape index (κ2) is 4.24. The molecule has 19 heavy (non-hydrogen) atoms. The largest absolute Gasteiger partial charge is 0.372 e. The predicted octanol–water partition coefficient (Wildman–Crippen LogP) is 3.43. The number of fused-ring (bicyclic) bond motifs is 1. The monoisotopic (exact) mass is 258 g/mol. The van der Waals surface area contributed by atoms with Gasteiger partial charge in [0.05, 0.1) is 0 Å². The molecule has 0 saturated carbocycles. The zero-order valence-corrected chi connectivity index (χ0v) is 12.5. The lowest BCUT2D eigenvalue weighted by Gasteiger charge is -2.36. The number of piperidine rings is 1. The van der Waals surface area contributed by atoms with Gasteiger partial charge in [0.25, 0.3) is 0 Å². The third kappa shape index (κ3) is 1.97. The summed E-state index contributed by atoms with van der Waals surface area (Å²) in [6, 6.07) is 6.95. The maximum Gasteiger partial charge on any atom is 0.0439 e. The molecule has 3 rings (SSSR count). The van der Waals surface area contributed by atoms with Crippen LogP contribution in [0.4, 0.5) is 5.69 Å². The van der Waals surface area contributed by atoms with Gasteiger partial charge in [-0.1, -0.05) is 19.9 Å². The highest BCUT2D eigenvalue weighted by Gasteiger charge is 2.46. The Labute approximate surface area is 117 Å². The molecule has 1 aromatic carbocycles. The molecule has 0 aromatic heterocycles. The quantitative estimate of drug-likeness (QED) is 0.836. The van der Waals surface area contributed by atoms with E-state index in [-0.39, 0.29) is 11.0 Å². The highest BCUT2D eigenvalue weighted by molar-refractivity contribution is 5.55. The zero-order chi connectivity index (χ0) is 13.7. The predicted molar refractivity (Wildman–Crippen MR) is 81.5 cm³/mol. The molecule has 0 spiro atoms. The van der Waals surface area contributed by atoms with Crippen LogP contribution in [-0.2, 0) is 12.0 Å². The van der Waals surface area contributed by atoms with Crippen molar-refractivity contribution < 1.29 is 0 Å². The summed E-state index contributed by atoms with van der Waals surface area (Å²) < 4.78 is 0. The second-order valence-electron chi connectivity index (χ2n) is 7.15. The normalized spacial score (nSPS) is 29.4. The van der Waals surface area contributed by atoms with E-state index in [1.54, 1.807) is 0 Å². The van der Waals surface area contributed by atoms with Gasteiger partial charge in [0, 0.05) is 24.3 Å². The van der Waals surface area contributed by atoms with Gasteiger partial charge in [-0.3, -0.25) is 0 Å². The number of hydrogen-bond donors (Lipinski definition) is 1. The van der Waals surface area contributed by atoms with Crippen LogP contribution in [0.15, 0.2) is 18.2 Å². The third-order valence-electron chi connectivity index (χ3n) is 5.41. The van der Waals surface area contributed by atoms with Gasteiger partial charge in [0.15, 0.2) is 0 Å². The highest BCUT2D eigenvalue weighted by atomic mass is 15.1. The summed E-state index contributed by atoms with van der Waals surface area (Å²) in [5.41, 5.74) is 10.8. The van der Waals surface area contributed by atoms with Crippen molar-refractivity contribution >= 4 is 5.69 Å². The van der Waals surface area contributed by atoms with Crippen LogP contribution >= 0.6 is 0 Å². The lowest BCUT2D eigenvalue weighted by Crippen LogP contribution is -2.44. The van der Waals surface area contributed by atoms with Crippen LogP contribution in [0.2, 0.25) is 0 Å². The van der Waals surface area contributed by atoms with Gasteiger partial charge in [-0.15, -0.1) is 0 Å². The fraction of sp³-hybridized carbons (Fsp3) is 0.647. The van der Waals surface area contributed by atoms with Gasteiger partial charge in [-0.05, 0) is 61.3 Å². The smallest absolute Gasteiger partial charge is 0.0439 e. The Morgan fingerprint density at radius 3 is 2.42 bits per heavy atom. The van der Waals surface area contributed by atoms with Crippen molar-refractivity contribution in [2.75, 3.05) is 18.0 Å². The molecule has 1 saturated heterocycles. The minimum atomic E-state index is -0.214. The summed E-state index contributed by atoms with van der Waals surface area (Å²) in [7, 11) is 0. The molecule has 1 aliphatic heterocycles. The molecule has 0 amide bonds. The van der Waals surface area contributed by atoms with Crippen molar-refractivity contribution in [2.24, 2.45) is 11.1 Å². The Kier molecular flexibility index (Phi) is 2.90. The standard InChI is InChI=1S/C17H26N2/c1-16(2)12-13-7-8-14(11-15(13)17(16,3)18)19-9-5-4-6-10-19/h7-8,11H,4-6,9-10,12,18H2,1-3H3. The van der Waals surface area contributed by atoms with Gasteiger partial charge < -0.3 is 10.6 Å². The number of anilines is 1. The van der Waals surface area contributed by atoms with E-state index >= 15 is 0 Å². The third-order valence-corrected chi connectivity index (χ3v) is 5.41. The first-order valence-corrected chi connectivity index (χ1v) is 7.59. The molecular formula is C17H26N2. The van der Waals surface area contributed by atoms with E-state index in [2.05, 4.69) is 43.9 Å². The first kappa shape index (κ1) is 13.0. The number of rotatable bonds is 1. The number of benzene rings is 1. The zero-order valence-electron chi connectivity index (χ0n) is 12.5. The molecule has 0 bridgehead atoms. The molecule has 2 aliphatic rings. The summed E-state index contributed by atoms with van der Waals surface area (Å²) in [5, 5.41) is 0. The average Bonchev–Trinajstić information content (AvgIpc) is 2.56. The van der Waals surface area contributed by atoms with Gasteiger partial charge >= 0.3 is 0 Å². The number of nitrogens with zero attached hydrogens (tertiary/aromatic N) is 1. The topological polar surface area (TPSA) is 29.3 Å². The van der Waals surface area contributed by atoms with Crippen LogP contribution in [0.3, 0.4) is 0 Å². The average molecular weight is 258 g/mol. The van der Waals surface area contributed by atoms with Crippen LogP contribution in [0, 0.1) is 5.41 Å². The Hall–Kier alpha value is -1.02. The maximum absolute atomic E-state index is 6.65. The van der Waals surface area contributed by atoms with E-state index in [0.717, 1.165) is 6.42 Å². The van der Waals surface area contributed by atoms with Gasteiger partial charge in [0.1, 0.15) is 0 Å². The van der Waals surface area contributed by atoms with Crippen molar-refractivity contribution in [1.29, 1.82) is 0 Å². The number of nitrogens with two attached hydrogens (primary N) is 1. The summed E-state index contributed by atoms with van der Waals surface area (Å²) in [4.78, 5) is 2.52. The molecule has 1 fully saturated rings.